The van der Waals surface area contributed by atoms with Crippen molar-refractivity contribution in [2.24, 2.45) is 5.41 Å². The highest BCUT2D eigenvalue weighted by molar-refractivity contribution is 5.94. The van der Waals surface area contributed by atoms with Gasteiger partial charge < -0.3 is 5.32 Å². The molecule has 0 atom stereocenters. The van der Waals surface area contributed by atoms with Crippen LogP contribution in [0.3, 0.4) is 0 Å². The van der Waals surface area contributed by atoms with E-state index in [4.69, 9.17) is 0 Å². The minimum atomic E-state index is -0.292. The quantitative estimate of drug-likeness (QED) is 0.726. The Morgan fingerprint density at radius 2 is 1.60 bits per heavy atom. The Kier molecular flexibility index (Phi) is 4.57. The zero-order valence-electron chi connectivity index (χ0n) is 11.2. The Hall–Kier alpha value is -0.790. The molecule has 0 fully saturated rings. The molecule has 0 unspecified atom stereocenters. The van der Waals surface area contributed by atoms with Gasteiger partial charge in [0.2, 0.25) is 0 Å². The molecule has 0 amide bonds. The van der Waals surface area contributed by atoms with Crippen LogP contribution in [0.4, 0.5) is 0 Å². The van der Waals surface area contributed by atoms with Crippen molar-refractivity contribution in [3.8, 4) is 0 Å². The predicted octanol–water partition coefficient (Wildman–Crippen LogP) is 3.28. The smallest absolute Gasteiger partial charge is 0.162 e. The monoisotopic (exact) mass is 211 g/mol. The lowest BCUT2D eigenvalue weighted by Crippen LogP contribution is -2.35. The number of rotatable bonds is 3. The molecule has 0 bridgehead atoms. The summed E-state index contributed by atoms with van der Waals surface area (Å²) >= 11 is 0. The molecule has 0 rings (SSSR count). The molecule has 15 heavy (non-hydrogen) atoms. The molecule has 1 N–H and O–H groups in total. The molecule has 0 radical (unpaired) electrons. The summed E-state index contributed by atoms with van der Waals surface area (Å²) in [6.07, 6.45) is 2.60. The third kappa shape index (κ3) is 6.32. The van der Waals surface area contributed by atoms with Crippen LogP contribution < -0.4 is 5.32 Å². The summed E-state index contributed by atoms with van der Waals surface area (Å²) < 4.78 is 0. The van der Waals surface area contributed by atoms with Crippen molar-refractivity contribution in [3.05, 3.63) is 11.8 Å². The number of ketones is 1. The van der Waals surface area contributed by atoms with E-state index in [1.807, 2.05) is 20.8 Å². The van der Waals surface area contributed by atoms with E-state index >= 15 is 0 Å². The minimum Gasteiger partial charge on any atom is -0.384 e. The van der Waals surface area contributed by atoms with Crippen LogP contribution in [0.15, 0.2) is 11.8 Å². The zero-order valence-corrected chi connectivity index (χ0v) is 11.2. The number of carbonyl (C=O) groups excluding carboxylic acids is 1. The van der Waals surface area contributed by atoms with Crippen LogP contribution in [0.5, 0.6) is 0 Å². The van der Waals surface area contributed by atoms with Crippen LogP contribution in [-0.2, 0) is 4.79 Å². The van der Waals surface area contributed by atoms with E-state index in [0.29, 0.717) is 0 Å². The average molecular weight is 211 g/mol. The second kappa shape index (κ2) is 4.82. The Morgan fingerprint density at radius 3 is 1.87 bits per heavy atom. The Balaban J connectivity index is 4.69. The van der Waals surface area contributed by atoms with E-state index < -0.39 is 0 Å². The normalized spacial score (nSPS) is 13.9. The average Bonchev–Trinajstić information content (AvgIpc) is 1.98. The molecule has 0 saturated carbocycles. The Bertz CT molecular complexity index is 251. The maximum atomic E-state index is 11.8. The number of hydrogen-bond donors (Lipinski definition) is 1. The summed E-state index contributed by atoms with van der Waals surface area (Å²) in [6, 6.07) is 0. The van der Waals surface area contributed by atoms with Gasteiger partial charge in [0.05, 0.1) is 0 Å². The van der Waals surface area contributed by atoms with Crippen LogP contribution in [-0.4, -0.2) is 11.3 Å². The summed E-state index contributed by atoms with van der Waals surface area (Å²) in [6.45, 7) is 14.2. The summed E-state index contributed by atoms with van der Waals surface area (Å²) in [4.78, 5) is 11.8. The van der Waals surface area contributed by atoms with Crippen LogP contribution in [0.25, 0.3) is 0 Å². The second-order valence-corrected chi connectivity index (χ2v) is 6.01. The van der Waals surface area contributed by atoms with Crippen LogP contribution in [0.2, 0.25) is 0 Å². The Labute approximate surface area is 94.1 Å². The van der Waals surface area contributed by atoms with Crippen molar-refractivity contribution in [2.45, 2.75) is 60.4 Å². The van der Waals surface area contributed by atoms with Crippen molar-refractivity contribution in [3.63, 3.8) is 0 Å². The summed E-state index contributed by atoms with van der Waals surface area (Å²) in [5.74, 6) is 0.177. The highest BCUT2D eigenvalue weighted by Crippen LogP contribution is 2.17. The first-order chi connectivity index (χ1) is 6.56. The molecule has 0 aliphatic rings. The van der Waals surface area contributed by atoms with Crippen LogP contribution in [0.1, 0.15) is 54.9 Å². The van der Waals surface area contributed by atoms with Gasteiger partial charge in [-0.05, 0) is 27.2 Å². The Morgan fingerprint density at radius 1 is 1.13 bits per heavy atom. The van der Waals surface area contributed by atoms with Crippen LogP contribution >= 0.6 is 0 Å². The fraction of sp³-hybridized carbons (Fsp3) is 0.769. The van der Waals surface area contributed by atoms with Gasteiger partial charge in [0, 0.05) is 22.7 Å². The van der Waals surface area contributed by atoms with E-state index in [1.165, 1.54) is 0 Å². The highest BCUT2D eigenvalue weighted by Gasteiger charge is 2.20. The molecule has 2 heteroatoms. The van der Waals surface area contributed by atoms with Crippen molar-refractivity contribution in [1.82, 2.24) is 5.32 Å². The van der Waals surface area contributed by atoms with Gasteiger partial charge in [-0.1, -0.05) is 27.7 Å². The molecule has 0 aromatic carbocycles. The van der Waals surface area contributed by atoms with Crippen molar-refractivity contribution in [1.29, 1.82) is 0 Å². The molecule has 0 spiro atoms. The molecule has 2 nitrogen and oxygen atoms in total. The fourth-order valence-electron chi connectivity index (χ4n) is 1.08. The molecule has 0 aromatic heterocycles. The summed E-state index contributed by atoms with van der Waals surface area (Å²) in [5, 5.41) is 3.35. The van der Waals surface area contributed by atoms with E-state index in [2.05, 4.69) is 33.0 Å². The standard InChI is InChI=1S/C13H25NO/c1-8-10(14-13(5,6)7)9-11(15)12(2,3)4/h9,14H,8H2,1-7H3. The zero-order chi connectivity index (χ0) is 12.3. The SMILES string of the molecule is CCC(=CC(=O)C(C)(C)C)NC(C)(C)C. The van der Waals surface area contributed by atoms with Gasteiger partial charge >= 0.3 is 0 Å². The predicted molar refractivity (Wildman–Crippen MR) is 65.7 cm³/mol. The lowest BCUT2D eigenvalue weighted by Gasteiger charge is -2.24. The van der Waals surface area contributed by atoms with E-state index in [1.54, 1.807) is 6.08 Å². The number of carbonyl (C=O) groups is 1. The van der Waals surface area contributed by atoms with Crippen molar-refractivity contribution >= 4 is 5.78 Å². The number of hydrogen-bond acceptors (Lipinski definition) is 2. The molecule has 88 valence electrons. The molecular formula is C13H25NO. The molecule has 0 aliphatic heterocycles. The topological polar surface area (TPSA) is 29.1 Å². The molecule has 0 aromatic rings. The molecular weight excluding hydrogens is 186 g/mol. The molecule has 0 heterocycles. The first-order valence-electron chi connectivity index (χ1n) is 5.59. The lowest BCUT2D eigenvalue weighted by atomic mass is 9.90. The van der Waals surface area contributed by atoms with Gasteiger partial charge in [-0.3, -0.25) is 4.79 Å². The maximum absolute atomic E-state index is 11.8. The second-order valence-electron chi connectivity index (χ2n) is 6.01. The number of nitrogens with one attached hydrogen (secondary N) is 1. The minimum absolute atomic E-state index is 0.0139. The molecule has 0 saturated heterocycles. The summed E-state index contributed by atoms with van der Waals surface area (Å²) in [5.41, 5.74) is 0.738. The van der Waals surface area contributed by atoms with Gasteiger partial charge in [0.25, 0.3) is 0 Å². The van der Waals surface area contributed by atoms with E-state index in [-0.39, 0.29) is 16.7 Å². The van der Waals surface area contributed by atoms with Gasteiger partial charge in [-0.25, -0.2) is 0 Å². The first-order valence-corrected chi connectivity index (χ1v) is 5.59. The highest BCUT2D eigenvalue weighted by atomic mass is 16.1. The fourth-order valence-corrected chi connectivity index (χ4v) is 1.08. The first kappa shape index (κ1) is 14.2. The maximum Gasteiger partial charge on any atom is 0.162 e. The van der Waals surface area contributed by atoms with E-state index in [0.717, 1.165) is 12.1 Å². The van der Waals surface area contributed by atoms with Gasteiger partial charge in [0.15, 0.2) is 5.78 Å². The largest absolute Gasteiger partial charge is 0.384 e. The third-order valence-corrected chi connectivity index (χ3v) is 1.96. The van der Waals surface area contributed by atoms with Gasteiger partial charge in [-0.2, -0.15) is 0 Å². The van der Waals surface area contributed by atoms with Crippen molar-refractivity contribution < 1.29 is 4.79 Å². The molecule has 0 aliphatic carbocycles. The lowest BCUT2D eigenvalue weighted by molar-refractivity contribution is -0.121. The summed E-state index contributed by atoms with van der Waals surface area (Å²) in [7, 11) is 0. The van der Waals surface area contributed by atoms with Gasteiger partial charge in [0.1, 0.15) is 0 Å². The number of allylic oxidation sites excluding steroid dienone is 2. The van der Waals surface area contributed by atoms with E-state index in [9.17, 15) is 4.79 Å². The van der Waals surface area contributed by atoms with Crippen LogP contribution in [0, 0.1) is 5.41 Å². The third-order valence-electron chi connectivity index (χ3n) is 1.96. The van der Waals surface area contributed by atoms with Gasteiger partial charge in [-0.15, -0.1) is 0 Å². The van der Waals surface area contributed by atoms with Crippen molar-refractivity contribution in [2.75, 3.05) is 0 Å².